The van der Waals surface area contributed by atoms with Crippen LogP contribution < -0.4 is 0 Å². The molecule has 1 aliphatic carbocycles. The van der Waals surface area contributed by atoms with E-state index in [9.17, 15) is 18.7 Å². The molecule has 3 heterocycles. The minimum Gasteiger partial charge on any atom is -0.391 e. The Balaban J connectivity index is 1.45. The number of carbonyl (C=O) groups excluding carboxylic acids is 1. The second-order valence-corrected chi connectivity index (χ2v) is 10.7. The summed E-state index contributed by atoms with van der Waals surface area (Å²) in [7, 11) is 0. The summed E-state index contributed by atoms with van der Waals surface area (Å²) in [5, 5.41) is 19.6. The Labute approximate surface area is 194 Å². The van der Waals surface area contributed by atoms with Crippen molar-refractivity contribution in [3.8, 4) is 0 Å². The van der Waals surface area contributed by atoms with Crippen LogP contribution in [0.15, 0.2) is 24.4 Å². The number of hydrogen-bond donors (Lipinski definition) is 1. The second kappa shape index (κ2) is 8.09. The van der Waals surface area contributed by atoms with Gasteiger partial charge in [-0.2, -0.15) is 0 Å². The number of aliphatic hydroxyl groups excluding tert-OH is 1. The fourth-order valence-electron chi connectivity index (χ4n) is 4.52. The molecule has 33 heavy (non-hydrogen) atoms. The zero-order valence-electron chi connectivity index (χ0n) is 18.8. The number of likely N-dealkylation sites (tertiary alicyclic amines) is 1. The average Bonchev–Trinajstić information content (AvgIpc) is 3.15. The topological polar surface area (TPSA) is 84.1 Å². The van der Waals surface area contributed by atoms with Crippen LogP contribution in [0.2, 0.25) is 0 Å². The van der Waals surface area contributed by atoms with Crippen molar-refractivity contribution in [1.29, 1.82) is 0 Å². The van der Waals surface area contributed by atoms with E-state index in [0.717, 1.165) is 30.2 Å². The zero-order chi connectivity index (χ0) is 23.5. The van der Waals surface area contributed by atoms with E-state index in [4.69, 9.17) is 0 Å². The van der Waals surface area contributed by atoms with Gasteiger partial charge in [-0.25, -0.2) is 18.4 Å². The summed E-state index contributed by atoms with van der Waals surface area (Å²) in [6.45, 7) is 4.99. The number of benzene rings is 1. The molecule has 176 valence electrons. The molecule has 1 amide bonds. The molecule has 2 fully saturated rings. The lowest BCUT2D eigenvalue weighted by molar-refractivity contribution is -0.137. The summed E-state index contributed by atoms with van der Waals surface area (Å²) in [4.78, 5) is 20.0. The number of β-amino-alcohol motifs (C(OH)–C–C–N with tert-alkyl or cyclic N) is 1. The van der Waals surface area contributed by atoms with Crippen LogP contribution in [0, 0.1) is 5.92 Å². The van der Waals surface area contributed by atoms with Gasteiger partial charge in [-0.15, -0.1) is 16.4 Å². The summed E-state index contributed by atoms with van der Waals surface area (Å²) in [5.74, 6) is -2.69. The van der Waals surface area contributed by atoms with Crippen LogP contribution in [-0.4, -0.2) is 48.5 Å². The third kappa shape index (κ3) is 4.26. The van der Waals surface area contributed by atoms with Crippen LogP contribution in [0.3, 0.4) is 0 Å². The van der Waals surface area contributed by atoms with Gasteiger partial charge >= 0.3 is 0 Å². The standard InChI is InChI=1S/C23H27F2N5O2S/c1-12(2)20(30-11-17(27-28-30)13-4-5-13)22(32)29-10-15(31)9-18(29)21-26-16-8-14(23(3,24)25)6-7-19(16)33-21/h6-8,11-13,15,18,20,31H,4-5,9-10H2,1-3H3/t15-,18+,20?/m1/s1. The van der Waals surface area contributed by atoms with E-state index in [-0.39, 0.29) is 23.9 Å². The Morgan fingerprint density at radius 1 is 1.30 bits per heavy atom. The number of fused-ring (bicyclic) bond motifs is 1. The van der Waals surface area contributed by atoms with E-state index < -0.39 is 24.1 Å². The van der Waals surface area contributed by atoms with Crippen molar-refractivity contribution >= 4 is 27.5 Å². The van der Waals surface area contributed by atoms with Gasteiger partial charge in [0.15, 0.2) is 0 Å². The second-order valence-electron chi connectivity index (χ2n) is 9.61. The molecule has 0 radical (unpaired) electrons. The SMILES string of the molecule is CC(C)C(C(=O)N1C[C@H](O)C[C@H]1c1nc2cc(C(C)(F)F)ccc2s1)n1cc(C2CC2)nn1. The first-order valence-electron chi connectivity index (χ1n) is 11.3. The van der Waals surface area contributed by atoms with Crippen LogP contribution in [0.4, 0.5) is 8.78 Å². The maximum atomic E-state index is 13.8. The van der Waals surface area contributed by atoms with Crippen LogP contribution in [0.25, 0.3) is 10.2 Å². The van der Waals surface area contributed by atoms with Crippen molar-refractivity contribution in [3.63, 3.8) is 0 Å². The van der Waals surface area contributed by atoms with E-state index in [1.54, 1.807) is 15.6 Å². The van der Waals surface area contributed by atoms with E-state index in [0.29, 0.717) is 22.9 Å². The Hall–Kier alpha value is -2.46. The monoisotopic (exact) mass is 475 g/mol. The molecule has 1 aromatic carbocycles. The fraction of sp³-hybridized carbons (Fsp3) is 0.565. The Kier molecular flexibility index (Phi) is 5.48. The summed E-state index contributed by atoms with van der Waals surface area (Å²) in [5.41, 5.74) is 1.30. The van der Waals surface area contributed by atoms with Gasteiger partial charge in [0.2, 0.25) is 5.91 Å². The number of nitrogens with zero attached hydrogens (tertiary/aromatic N) is 5. The van der Waals surface area contributed by atoms with E-state index in [2.05, 4.69) is 15.3 Å². The lowest BCUT2D eigenvalue weighted by atomic mass is 10.0. The Bertz CT molecular complexity index is 1180. The van der Waals surface area contributed by atoms with Gasteiger partial charge in [0.1, 0.15) is 11.0 Å². The molecule has 7 nitrogen and oxygen atoms in total. The largest absolute Gasteiger partial charge is 0.391 e. The van der Waals surface area contributed by atoms with Gasteiger partial charge in [0.05, 0.1) is 28.1 Å². The van der Waals surface area contributed by atoms with E-state index in [1.165, 1.54) is 23.5 Å². The minimum atomic E-state index is -2.95. The molecule has 1 unspecified atom stereocenters. The zero-order valence-corrected chi connectivity index (χ0v) is 19.6. The molecule has 1 saturated carbocycles. The van der Waals surface area contributed by atoms with Crippen molar-refractivity contribution in [2.45, 2.75) is 70.1 Å². The summed E-state index contributed by atoms with van der Waals surface area (Å²) < 4.78 is 30.0. The van der Waals surface area contributed by atoms with Gasteiger partial charge in [-0.1, -0.05) is 25.1 Å². The molecule has 5 rings (SSSR count). The van der Waals surface area contributed by atoms with Gasteiger partial charge < -0.3 is 10.0 Å². The van der Waals surface area contributed by atoms with Crippen LogP contribution in [0.1, 0.15) is 74.3 Å². The highest BCUT2D eigenvalue weighted by Crippen LogP contribution is 2.41. The van der Waals surface area contributed by atoms with Crippen molar-refractivity contribution in [3.05, 3.63) is 40.7 Å². The van der Waals surface area contributed by atoms with E-state index in [1.807, 2.05) is 20.0 Å². The number of rotatable bonds is 6. The van der Waals surface area contributed by atoms with Crippen LogP contribution in [-0.2, 0) is 10.7 Å². The molecule has 1 aliphatic heterocycles. The molecule has 1 saturated heterocycles. The highest BCUT2D eigenvalue weighted by Gasteiger charge is 2.42. The maximum absolute atomic E-state index is 13.8. The molecule has 2 aliphatic rings. The normalized spacial score (nSPS) is 22.5. The Morgan fingerprint density at radius 3 is 2.73 bits per heavy atom. The highest BCUT2D eigenvalue weighted by atomic mass is 32.1. The van der Waals surface area contributed by atoms with Crippen molar-refractivity contribution in [1.82, 2.24) is 24.9 Å². The van der Waals surface area contributed by atoms with Crippen molar-refractivity contribution in [2.75, 3.05) is 6.54 Å². The average molecular weight is 476 g/mol. The first-order chi connectivity index (χ1) is 15.6. The first-order valence-corrected chi connectivity index (χ1v) is 12.1. The van der Waals surface area contributed by atoms with Gasteiger partial charge in [-0.05, 0) is 30.9 Å². The molecule has 0 bridgehead atoms. The number of halogens is 2. The number of alkyl halides is 2. The number of aliphatic hydroxyl groups is 1. The molecule has 3 atom stereocenters. The quantitative estimate of drug-likeness (QED) is 0.571. The van der Waals surface area contributed by atoms with Crippen molar-refractivity contribution in [2.24, 2.45) is 5.92 Å². The van der Waals surface area contributed by atoms with Gasteiger partial charge in [0.25, 0.3) is 5.92 Å². The highest BCUT2D eigenvalue weighted by molar-refractivity contribution is 7.18. The molecule has 10 heteroatoms. The summed E-state index contributed by atoms with van der Waals surface area (Å²) in [6.07, 6.45) is 3.75. The number of amides is 1. The third-order valence-electron chi connectivity index (χ3n) is 6.45. The number of carbonyl (C=O) groups is 1. The predicted molar refractivity (Wildman–Crippen MR) is 120 cm³/mol. The molecule has 0 spiro atoms. The van der Waals surface area contributed by atoms with Gasteiger partial charge in [0, 0.05) is 37.6 Å². The predicted octanol–water partition coefficient (Wildman–Crippen LogP) is 4.41. The molecule has 3 aromatic rings. The molecular weight excluding hydrogens is 448 g/mol. The van der Waals surface area contributed by atoms with E-state index >= 15 is 0 Å². The lowest BCUT2D eigenvalue weighted by Crippen LogP contribution is -2.40. The first kappa shape index (κ1) is 22.3. The molecular formula is C23H27F2N5O2S. The maximum Gasteiger partial charge on any atom is 0.270 e. The third-order valence-corrected chi connectivity index (χ3v) is 7.59. The number of thiazole rings is 1. The van der Waals surface area contributed by atoms with Crippen LogP contribution >= 0.6 is 11.3 Å². The Morgan fingerprint density at radius 2 is 2.06 bits per heavy atom. The number of hydrogen-bond acceptors (Lipinski definition) is 6. The lowest BCUT2D eigenvalue weighted by Gasteiger charge is -2.29. The molecule has 2 aromatic heterocycles. The van der Waals surface area contributed by atoms with Crippen molar-refractivity contribution < 1.29 is 18.7 Å². The van der Waals surface area contributed by atoms with Gasteiger partial charge in [-0.3, -0.25) is 4.79 Å². The smallest absolute Gasteiger partial charge is 0.270 e. The fourth-order valence-corrected chi connectivity index (χ4v) is 5.59. The summed E-state index contributed by atoms with van der Waals surface area (Å²) >= 11 is 1.37. The summed E-state index contributed by atoms with van der Waals surface area (Å²) in [6, 6.07) is 3.50. The molecule has 1 N–H and O–H groups in total. The minimum absolute atomic E-state index is 0.0330. The van der Waals surface area contributed by atoms with Crippen LogP contribution in [0.5, 0.6) is 0 Å². The number of aromatic nitrogens is 4.